The molecule has 29 heavy (non-hydrogen) atoms. The summed E-state index contributed by atoms with van der Waals surface area (Å²) in [6, 6.07) is 28.5. The van der Waals surface area contributed by atoms with Crippen molar-refractivity contribution >= 4 is 45.4 Å². The fourth-order valence-electron chi connectivity index (χ4n) is 3.40. The first-order valence-corrected chi connectivity index (χ1v) is 11.4. The van der Waals surface area contributed by atoms with Crippen molar-refractivity contribution in [3.8, 4) is 0 Å². The summed E-state index contributed by atoms with van der Waals surface area (Å²) in [6.45, 7) is 0. The monoisotopic (exact) mass is 414 g/mol. The van der Waals surface area contributed by atoms with E-state index < -0.39 is 0 Å². The second-order valence-electron chi connectivity index (χ2n) is 6.77. The number of thioether (sulfide) groups is 2. The molecule has 3 aromatic carbocycles. The summed E-state index contributed by atoms with van der Waals surface area (Å²) in [5.41, 5.74) is 4.18. The number of nitrogens with zero attached hydrogens (tertiary/aromatic N) is 2. The average Bonchev–Trinajstić information content (AvgIpc) is 3.27. The van der Waals surface area contributed by atoms with Crippen LogP contribution in [0.5, 0.6) is 0 Å². The molecule has 0 atom stereocenters. The van der Waals surface area contributed by atoms with E-state index in [1.54, 1.807) is 28.1 Å². The third-order valence-corrected chi connectivity index (χ3v) is 7.25. The molecule has 5 heteroatoms. The van der Waals surface area contributed by atoms with Crippen molar-refractivity contribution in [1.29, 1.82) is 0 Å². The highest BCUT2D eigenvalue weighted by atomic mass is 32.2. The molecule has 0 saturated carbocycles. The van der Waals surface area contributed by atoms with Crippen LogP contribution >= 0.6 is 23.5 Å². The lowest BCUT2D eigenvalue weighted by Gasteiger charge is -2.06. The van der Waals surface area contributed by atoms with Crippen LogP contribution in [0, 0.1) is 0 Å². The second kappa shape index (κ2) is 7.93. The van der Waals surface area contributed by atoms with Crippen LogP contribution in [0.1, 0.15) is 21.7 Å². The topological polar surface area (TPSA) is 34.9 Å². The van der Waals surface area contributed by atoms with Crippen molar-refractivity contribution in [2.24, 2.45) is 0 Å². The highest BCUT2D eigenvalue weighted by molar-refractivity contribution is 8.10. The van der Waals surface area contributed by atoms with Crippen LogP contribution in [0.25, 0.3) is 15.9 Å². The molecule has 1 aliphatic rings. The molecule has 1 aromatic heterocycles. The molecule has 5 rings (SSSR count). The van der Waals surface area contributed by atoms with Crippen LogP contribution in [0.15, 0.2) is 89.8 Å². The van der Waals surface area contributed by atoms with Gasteiger partial charge in [0.1, 0.15) is 0 Å². The van der Waals surface area contributed by atoms with Gasteiger partial charge >= 0.3 is 0 Å². The van der Waals surface area contributed by atoms with Crippen LogP contribution in [0.2, 0.25) is 0 Å². The Labute approximate surface area is 177 Å². The Hall–Kier alpha value is -2.76. The molecule has 4 aromatic rings. The van der Waals surface area contributed by atoms with E-state index in [4.69, 9.17) is 4.98 Å². The van der Waals surface area contributed by atoms with Gasteiger partial charge in [-0.25, -0.2) is 4.98 Å². The molecule has 0 amide bonds. The Morgan fingerprint density at radius 1 is 0.690 bits per heavy atom. The number of carbonyl (C=O) groups excluding carboxylic acids is 1. The number of imidazole rings is 1. The summed E-state index contributed by atoms with van der Waals surface area (Å²) in [7, 11) is 0. The van der Waals surface area contributed by atoms with Gasteiger partial charge in [0.25, 0.3) is 5.91 Å². The van der Waals surface area contributed by atoms with Crippen LogP contribution in [-0.4, -0.2) is 15.5 Å². The smallest absolute Gasteiger partial charge is 0.268 e. The molecule has 0 saturated heterocycles. The largest absolute Gasteiger partial charge is 0.271 e. The van der Waals surface area contributed by atoms with E-state index >= 15 is 0 Å². The molecule has 0 bridgehead atoms. The molecule has 2 heterocycles. The SMILES string of the molecule is O=C1C(SCc2ccccc2)=C(SCc2ccccc2)c2nc3ccccc3n21. The molecule has 3 nitrogen and oxygen atoms in total. The first-order chi connectivity index (χ1) is 14.3. The highest BCUT2D eigenvalue weighted by Crippen LogP contribution is 2.44. The van der Waals surface area contributed by atoms with Gasteiger partial charge in [-0.15, -0.1) is 23.5 Å². The minimum atomic E-state index is 0.0326. The van der Waals surface area contributed by atoms with Crippen molar-refractivity contribution in [3.63, 3.8) is 0 Å². The number of hydrogen-bond acceptors (Lipinski definition) is 4. The maximum atomic E-state index is 13.3. The van der Waals surface area contributed by atoms with E-state index in [9.17, 15) is 4.79 Å². The molecular weight excluding hydrogens is 396 g/mol. The summed E-state index contributed by atoms with van der Waals surface area (Å²) in [6.07, 6.45) is 0. The number of hydrogen-bond donors (Lipinski definition) is 0. The lowest BCUT2D eigenvalue weighted by atomic mass is 10.2. The molecule has 1 aliphatic heterocycles. The van der Waals surface area contributed by atoms with Gasteiger partial charge in [0, 0.05) is 11.5 Å². The van der Waals surface area contributed by atoms with Crippen LogP contribution in [0.3, 0.4) is 0 Å². The van der Waals surface area contributed by atoms with Gasteiger partial charge in [0.2, 0.25) is 0 Å². The van der Waals surface area contributed by atoms with Crippen molar-refractivity contribution in [2.45, 2.75) is 11.5 Å². The summed E-state index contributed by atoms with van der Waals surface area (Å²) in [5.74, 6) is 2.38. The molecule has 0 fully saturated rings. The fourth-order valence-corrected chi connectivity index (χ4v) is 5.68. The molecule has 0 spiro atoms. The first kappa shape index (κ1) is 18.3. The Bertz CT molecular complexity index is 1210. The van der Waals surface area contributed by atoms with E-state index in [-0.39, 0.29) is 5.91 Å². The van der Waals surface area contributed by atoms with Gasteiger partial charge in [0.05, 0.1) is 20.8 Å². The average molecular weight is 415 g/mol. The normalized spacial score (nSPS) is 13.3. The first-order valence-electron chi connectivity index (χ1n) is 9.41. The molecule has 142 valence electrons. The van der Waals surface area contributed by atoms with E-state index in [0.29, 0.717) is 0 Å². The number of carbonyl (C=O) groups is 1. The van der Waals surface area contributed by atoms with Crippen molar-refractivity contribution in [1.82, 2.24) is 9.55 Å². The van der Waals surface area contributed by atoms with Crippen molar-refractivity contribution in [2.75, 3.05) is 0 Å². The van der Waals surface area contributed by atoms with Gasteiger partial charge in [-0.2, -0.15) is 0 Å². The van der Waals surface area contributed by atoms with Gasteiger partial charge in [0.15, 0.2) is 5.82 Å². The zero-order valence-corrected chi connectivity index (χ0v) is 17.2. The third kappa shape index (κ3) is 3.52. The van der Waals surface area contributed by atoms with E-state index in [0.717, 1.165) is 38.2 Å². The lowest BCUT2D eigenvalue weighted by molar-refractivity contribution is 0.0974. The number of aromatic nitrogens is 2. The van der Waals surface area contributed by atoms with Crippen LogP contribution < -0.4 is 0 Å². The van der Waals surface area contributed by atoms with E-state index in [1.165, 1.54) is 11.1 Å². The molecule has 0 unspecified atom stereocenters. The van der Waals surface area contributed by atoms with Crippen LogP contribution in [0.4, 0.5) is 0 Å². The quantitative estimate of drug-likeness (QED) is 0.375. The Morgan fingerprint density at radius 2 is 1.24 bits per heavy atom. The number of para-hydroxylation sites is 2. The van der Waals surface area contributed by atoms with Gasteiger partial charge < -0.3 is 0 Å². The highest BCUT2D eigenvalue weighted by Gasteiger charge is 2.33. The van der Waals surface area contributed by atoms with Crippen LogP contribution in [-0.2, 0) is 11.5 Å². The fraction of sp³-hybridized carbons (Fsp3) is 0.0833. The van der Waals surface area contributed by atoms with Gasteiger partial charge in [-0.3, -0.25) is 9.36 Å². The standard InChI is InChI=1S/C24H18N2OS2/c27-24-22(29-16-18-11-5-2-6-12-18)21(28-15-17-9-3-1-4-10-17)23-25-19-13-7-8-14-20(19)26(23)24/h1-14H,15-16H2. The van der Waals surface area contributed by atoms with E-state index in [1.807, 2.05) is 60.7 Å². The molecule has 0 radical (unpaired) electrons. The molecule has 0 N–H and O–H groups in total. The van der Waals surface area contributed by atoms with Crippen molar-refractivity contribution in [3.05, 3.63) is 107 Å². The predicted molar refractivity (Wildman–Crippen MR) is 123 cm³/mol. The number of fused-ring (bicyclic) bond motifs is 3. The van der Waals surface area contributed by atoms with Gasteiger partial charge in [-0.05, 0) is 23.3 Å². The van der Waals surface area contributed by atoms with Gasteiger partial charge in [-0.1, -0.05) is 72.8 Å². The molecular formula is C24H18N2OS2. The zero-order valence-electron chi connectivity index (χ0n) is 15.6. The zero-order chi connectivity index (χ0) is 19.6. The Morgan fingerprint density at radius 3 is 1.90 bits per heavy atom. The Balaban J connectivity index is 1.51. The number of rotatable bonds is 6. The second-order valence-corrected chi connectivity index (χ2v) is 8.74. The number of benzene rings is 3. The number of allylic oxidation sites excluding steroid dienone is 1. The third-order valence-electron chi connectivity index (χ3n) is 4.82. The maximum Gasteiger partial charge on any atom is 0.271 e. The predicted octanol–water partition coefficient (Wildman–Crippen LogP) is 6.23. The maximum absolute atomic E-state index is 13.3. The van der Waals surface area contributed by atoms with Crippen molar-refractivity contribution < 1.29 is 4.79 Å². The lowest BCUT2D eigenvalue weighted by Crippen LogP contribution is -2.07. The summed E-state index contributed by atoms with van der Waals surface area (Å²) < 4.78 is 1.77. The summed E-state index contributed by atoms with van der Waals surface area (Å²) in [4.78, 5) is 19.9. The summed E-state index contributed by atoms with van der Waals surface area (Å²) >= 11 is 3.30. The Kier molecular flexibility index (Phi) is 5.00. The minimum Gasteiger partial charge on any atom is -0.268 e. The molecule has 0 aliphatic carbocycles. The van der Waals surface area contributed by atoms with E-state index in [2.05, 4.69) is 24.3 Å². The minimum absolute atomic E-state index is 0.0326. The summed E-state index contributed by atoms with van der Waals surface area (Å²) in [5, 5.41) is 0.